The molecule has 0 radical (unpaired) electrons. The lowest BCUT2D eigenvalue weighted by Crippen LogP contribution is -2.40. The standard InChI is InChI=1S/C14H17BrN2O3/c1-9(2)14(13(19)20)4-6-17(8-14)12(18)10-3-5-16-11(15)7-10/h3,5,7,9H,4,6,8H2,1-2H3,(H,19,20). The third-order valence-electron chi connectivity index (χ3n) is 4.09. The van der Waals surface area contributed by atoms with Crippen molar-refractivity contribution < 1.29 is 14.7 Å². The van der Waals surface area contributed by atoms with Crippen LogP contribution in [0.3, 0.4) is 0 Å². The van der Waals surface area contributed by atoms with Gasteiger partial charge in [0.15, 0.2) is 0 Å². The molecule has 1 unspecified atom stereocenters. The van der Waals surface area contributed by atoms with Gasteiger partial charge in [-0.3, -0.25) is 9.59 Å². The normalized spacial score (nSPS) is 22.3. The van der Waals surface area contributed by atoms with Gasteiger partial charge in [0, 0.05) is 24.8 Å². The smallest absolute Gasteiger partial charge is 0.311 e. The molecule has 108 valence electrons. The Labute approximate surface area is 126 Å². The topological polar surface area (TPSA) is 70.5 Å². The van der Waals surface area contributed by atoms with Crippen LogP contribution in [0, 0.1) is 11.3 Å². The number of nitrogens with zero attached hydrogens (tertiary/aromatic N) is 2. The van der Waals surface area contributed by atoms with Crippen LogP contribution in [0.5, 0.6) is 0 Å². The monoisotopic (exact) mass is 340 g/mol. The lowest BCUT2D eigenvalue weighted by molar-refractivity contribution is -0.150. The van der Waals surface area contributed by atoms with Gasteiger partial charge in [0.05, 0.1) is 5.41 Å². The molecular weight excluding hydrogens is 324 g/mol. The molecule has 1 aliphatic rings. The lowest BCUT2D eigenvalue weighted by Gasteiger charge is -2.28. The highest BCUT2D eigenvalue weighted by Crippen LogP contribution is 2.38. The Morgan fingerprint density at radius 3 is 2.70 bits per heavy atom. The Morgan fingerprint density at radius 1 is 1.50 bits per heavy atom. The fourth-order valence-corrected chi connectivity index (χ4v) is 2.98. The highest BCUT2D eigenvalue weighted by Gasteiger charge is 2.48. The molecule has 0 aliphatic carbocycles. The average Bonchev–Trinajstić information content (AvgIpc) is 2.84. The molecule has 20 heavy (non-hydrogen) atoms. The van der Waals surface area contributed by atoms with Crippen molar-refractivity contribution in [3.63, 3.8) is 0 Å². The number of halogens is 1. The van der Waals surface area contributed by atoms with E-state index < -0.39 is 11.4 Å². The second-order valence-electron chi connectivity index (χ2n) is 5.46. The van der Waals surface area contributed by atoms with Crippen LogP contribution >= 0.6 is 15.9 Å². The maximum absolute atomic E-state index is 12.4. The molecule has 0 bridgehead atoms. The molecule has 1 amide bonds. The SMILES string of the molecule is CC(C)C1(C(=O)O)CCN(C(=O)c2ccnc(Br)c2)C1. The second-order valence-corrected chi connectivity index (χ2v) is 6.27. The Bertz CT molecular complexity index is 547. The first-order chi connectivity index (χ1) is 9.36. The van der Waals surface area contributed by atoms with Crippen molar-refractivity contribution in [2.75, 3.05) is 13.1 Å². The maximum atomic E-state index is 12.4. The van der Waals surface area contributed by atoms with Crippen LogP contribution in [-0.4, -0.2) is 40.0 Å². The van der Waals surface area contributed by atoms with Crippen LogP contribution in [0.1, 0.15) is 30.6 Å². The van der Waals surface area contributed by atoms with E-state index in [0.29, 0.717) is 23.1 Å². The number of aromatic nitrogens is 1. The molecule has 0 aromatic carbocycles. The fourth-order valence-electron chi connectivity index (χ4n) is 2.62. The van der Waals surface area contributed by atoms with Gasteiger partial charge in [-0.15, -0.1) is 0 Å². The highest BCUT2D eigenvalue weighted by atomic mass is 79.9. The van der Waals surface area contributed by atoms with E-state index in [9.17, 15) is 14.7 Å². The lowest BCUT2D eigenvalue weighted by atomic mass is 9.76. The summed E-state index contributed by atoms with van der Waals surface area (Å²) in [7, 11) is 0. The van der Waals surface area contributed by atoms with Crippen molar-refractivity contribution in [2.24, 2.45) is 11.3 Å². The summed E-state index contributed by atoms with van der Waals surface area (Å²) in [6.07, 6.45) is 2.05. The molecule has 1 aromatic heterocycles. The minimum atomic E-state index is -0.833. The predicted molar refractivity (Wildman–Crippen MR) is 77.4 cm³/mol. The Hall–Kier alpha value is -1.43. The summed E-state index contributed by atoms with van der Waals surface area (Å²) in [5.74, 6) is -0.974. The summed E-state index contributed by atoms with van der Waals surface area (Å²) in [5.41, 5.74) is -0.309. The molecule has 5 nitrogen and oxygen atoms in total. The van der Waals surface area contributed by atoms with Gasteiger partial charge in [-0.1, -0.05) is 13.8 Å². The molecule has 1 fully saturated rings. The summed E-state index contributed by atoms with van der Waals surface area (Å²) in [6, 6.07) is 3.29. The molecule has 2 heterocycles. The first kappa shape index (κ1) is 15.0. The number of likely N-dealkylation sites (tertiary alicyclic amines) is 1. The van der Waals surface area contributed by atoms with Crippen molar-refractivity contribution in [3.8, 4) is 0 Å². The van der Waals surface area contributed by atoms with Crippen molar-refractivity contribution in [3.05, 3.63) is 28.5 Å². The van der Waals surface area contributed by atoms with Gasteiger partial charge in [-0.05, 0) is 40.4 Å². The Balaban J connectivity index is 2.21. The molecule has 0 saturated carbocycles. The Kier molecular flexibility index (Phi) is 4.13. The van der Waals surface area contributed by atoms with Crippen LogP contribution in [0.4, 0.5) is 0 Å². The number of carboxylic acid groups (broad SMARTS) is 1. The zero-order chi connectivity index (χ0) is 14.9. The van der Waals surface area contributed by atoms with Crippen LogP contribution < -0.4 is 0 Å². The van der Waals surface area contributed by atoms with E-state index in [-0.39, 0.29) is 18.4 Å². The van der Waals surface area contributed by atoms with Gasteiger partial charge < -0.3 is 10.0 Å². The van der Waals surface area contributed by atoms with Crippen molar-refractivity contribution in [2.45, 2.75) is 20.3 Å². The van der Waals surface area contributed by atoms with Gasteiger partial charge in [0.1, 0.15) is 4.60 Å². The van der Waals surface area contributed by atoms with E-state index in [1.165, 1.54) is 0 Å². The molecule has 2 rings (SSSR count). The van der Waals surface area contributed by atoms with Gasteiger partial charge in [0.25, 0.3) is 5.91 Å². The Morgan fingerprint density at radius 2 is 2.20 bits per heavy atom. The number of carboxylic acids is 1. The summed E-state index contributed by atoms with van der Waals surface area (Å²) >= 11 is 3.23. The number of hydrogen-bond acceptors (Lipinski definition) is 3. The summed E-state index contributed by atoms with van der Waals surface area (Å²) in [5, 5.41) is 9.49. The van der Waals surface area contributed by atoms with Crippen molar-refractivity contribution in [1.29, 1.82) is 0 Å². The number of aliphatic carboxylic acids is 1. The van der Waals surface area contributed by atoms with Crippen LogP contribution in [0.25, 0.3) is 0 Å². The van der Waals surface area contributed by atoms with Crippen LogP contribution in [0.15, 0.2) is 22.9 Å². The summed E-state index contributed by atoms with van der Waals surface area (Å²) in [6.45, 7) is 4.53. The van der Waals surface area contributed by atoms with Gasteiger partial charge in [-0.25, -0.2) is 4.98 Å². The maximum Gasteiger partial charge on any atom is 0.311 e. The van der Waals surface area contributed by atoms with E-state index in [0.717, 1.165) is 0 Å². The van der Waals surface area contributed by atoms with E-state index in [1.807, 2.05) is 13.8 Å². The fraction of sp³-hybridized carbons (Fsp3) is 0.500. The zero-order valence-electron chi connectivity index (χ0n) is 11.5. The molecule has 1 saturated heterocycles. The van der Waals surface area contributed by atoms with Gasteiger partial charge >= 0.3 is 5.97 Å². The molecule has 6 heteroatoms. The van der Waals surface area contributed by atoms with Crippen LogP contribution in [0.2, 0.25) is 0 Å². The van der Waals surface area contributed by atoms with E-state index in [1.54, 1.807) is 23.2 Å². The van der Waals surface area contributed by atoms with E-state index in [2.05, 4.69) is 20.9 Å². The molecule has 1 aliphatic heterocycles. The number of rotatable bonds is 3. The number of carbonyl (C=O) groups is 2. The quantitative estimate of drug-likeness (QED) is 0.857. The molecule has 1 aromatic rings. The summed E-state index contributed by atoms with van der Waals surface area (Å²) < 4.78 is 0.593. The van der Waals surface area contributed by atoms with Crippen LogP contribution in [-0.2, 0) is 4.79 Å². The number of carbonyl (C=O) groups excluding carboxylic acids is 1. The highest BCUT2D eigenvalue weighted by molar-refractivity contribution is 9.10. The minimum Gasteiger partial charge on any atom is -0.481 e. The van der Waals surface area contributed by atoms with Gasteiger partial charge in [-0.2, -0.15) is 0 Å². The number of pyridine rings is 1. The van der Waals surface area contributed by atoms with E-state index in [4.69, 9.17) is 0 Å². The predicted octanol–water partition coefficient (Wildman–Crippen LogP) is 2.42. The van der Waals surface area contributed by atoms with Crippen molar-refractivity contribution in [1.82, 2.24) is 9.88 Å². The number of amides is 1. The average molecular weight is 341 g/mol. The summed E-state index contributed by atoms with van der Waals surface area (Å²) in [4.78, 5) is 29.6. The number of hydrogen-bond donors (Lipinski definition) is 1. The minimum absolute atomic E-state index is 0.0121. The molecule has 1 N–H and O–H groups in total. The van der Waals surface area contributed by atoms with E-state index >= 15 is 0 Å². The molecule has 0 spiro atoms. The first-order valence-corrected chi connectivity index (χ1v) is 7.30. The van der Waals surface area contributed by atoms with Crippen molar-refractivity contribution >= 4 is 27.8 Å². The molecule has 1 atom stereocenters. The third kappa shape index (κ3) is 2.57. The zero-order valence-corrected chi connectivity index (χ0v) is 13.1. The third-order valence-corrected chi connectivity index (χ3v) is 4.53. The largest absolute Gasteiger partial charge is 0.481 e. The molecular formula is C14H17BrN2O3. The second kappa shape index (κ2) is 5.52. The van der Waals surface area contributed by atoms with Gasteiger partial charge in [0.2, 0.25) is 0 Å². The first-order valence-electron chi connectivity index (χ1n) is 6.51.